The zero-order valence-electron chi connectivity index (χ0n) is 12.0. The van der Waals surface area contributed by atoms with Crippen molar-refractivity contribution in [1.82, 2.24) is 14.9 Å². The van der Waals surface area contributed by atoms with Crippen molar-refractivity contribution in [2.75, 3.05) is 13.1 Å². The Bertz CT molecular complexity index is 542. The van der Waals surface area contributed by atoms with Gasteiger partial charge in [-0.3, -0.25) is 9.59 Å². The maximum absolute atomic E-state index is 12.5. The van der Waals surface area contributed by atoms with Crippen LogP contribution in [0.25, 0.3) is 0 Å². The summed E-state index contributed by atoms with van der Waals surface area (Å²) in [7, 11) is 0. The van der Waals surface area contributed by atoms with Gasteiger partial charge in [-0.2, -0.15) is 0 Å². The SMILES string of the molecule is Cc1ncc(C(=O)N2CC[C@@H](C(=O)O)C2)c(C(C)C)n1. The van der Waals surface area contributed by atoms with Crippen LogP contribution in [0.1, 0.15) is 48.1 Å². The summed E-state index contributed by atoms with van der Waals surface area (Å²) in [4.78, 5) is 33.5. The number of hydrogen-bond donors (Lipinski definition) is 1. The zero-order chi connectivity index (χ0) is 14.9. The van der Waals surface area contributed by atoms with Gasteiger partial charge in [0, 0.05) is 19.3 Å². The Morgan fingerprint density at radius 1 is 1.45 bits per heavy atom. The molecule has 1 aromatic heterocycles. The summed E-state index contributed by atoms with van der Waals surface area (Å²) in [5.74, 6) is -0.724. The summed E-state index contributed by atoms with van der Waals surface area (Å²) in [6.45, 7) is 6.47. The highest BCUT2D eigenvalue weighted by Gasteiger charge is 2.32. The van der Waals surface area contributed by atoms with Crippen molar-refractivity contribution in [3.63, 3.8) is 0 Å². The molecular weight excluding hydrogens is 258 g/mol. The molecule has 0 spiro atoms. The van der Waals surface area contributed by atoms with Crippen LogP contribution in [0.5, 0.6) is 0 Å². The fourth-order valence-corrected chi connectivity index (χ4v) is 2.41. The topological polar surface area (TPSA) is 83.4 Å². The van der Waals surface area contributed by atoms with Crippen LogP contribution in [0.3, 0.4) is 0 Å². The van der Waals surface area contributed by atoms with Crippen LogP contribution in [0, 0.1) is 12.8 Å². The van der Waals surface area contributed by atoms with Crippen molar-refractivity contribution in [3.05, 3.63) is 23.3 Å². The van der Waals surface area contributed by atoms with E-state index in [4.69, 9.17) is 5.11 Å². The molecule has 6 nitrogen and oxygen atoms in total. The van der Waals surface area contributed by atoms with Crippen molar-refractivity contribution >= 4 is 11.9 Å². The van der Waals surface area contributed by atoms with Crippen LogP contribution in [0.4, 0.5) is 0 Å². The lowest BCUT2D eigenvalue weighted by Crippen LogP contribution is -2.31. The monoisotopic (exact) mass is 277 g/mol. The molecule has 2 heterocycles. The van der Waals surface area contributed by atoms with E-state index in [9.17, 15) is 9.59 Å². The second-order valence-corrected chi connectivity index (χ2v) is 5.45. The molecule has 6 heteroatoms. The molecule has 1 aliphatic heterocycles. The van der Waals surface area contributed by atoms with Crippen LogP contribution in [-0.4, -0.2) is 44.9 Å². The number of rotatable bonds is 3. The third kappa shape index (κ3) is 2.79. The first kappa shape index (κ1) is 14.4. The maximum Gasteiger partial charge on any atom is 0.308 e. The van der Waals surface area contributed by atoms with Crippen LogP contribution >= 0.6 is 0 Å². The molecule has 1 fully saturated rings. The molecule has 1 aromatic rings. The molecule has 0 bridgehead atoms. The highest BCUT2D eigenvalue weighted by molar-refractivity contribution is 5.95. The minimum absolute atomic E-state index is 0.119. The molecule has 0 unspecified atom stereocenters. The first-order chi connectivity index (χ1) is 9.40. The number of carboxylic acids is 1. The van der Waals surface area contributed by atoms with Crippen LogP contribution < -0.4 is 0 Å². The van der Waals surface area contributed by atoms with Crippen molar-refractivity contribution in [1.29, 1.82) is 0 Å². The summed E-state index contributed by atoms with van der Waals surface area (Å²) >= 11 is 0. The van der Waals surface area contributed by atoms with E-state index < -0.39 is 11.9 Å². The molecule has 1 N–H and O–H groups in total. The van der Waals surface area contributed by atoms with Gasteiger partial charge >= 0.3 is 5.97 Å². The van der Waals surface area contributed by atoms with Gasteiger partial charge in [0.1, 0.15) is 5.82 Å². The quantitative estimate of drug-likeness (QED) is 0.904. The number of aryl methyl sites for hydroxylation is 1. The van der Waals surface area contributed by atoms with Gasteiger partial charge in [-0.05, 0) is 19.3 Å². The molecule has 1 saturated heterocycles. The average Bonchev–Trinajstić information content (AvgIpc) is 2.87. The Morgan fingerprint density at radius 2 is 2.15 bits per heavy atom. The van der Waals surface area contributed by atoms with Crippen LogP contribution in [0.15, 0.2) is 6.20 Å². The highest BCUT2D eigenvalue weighted by atomic mass is 16.4. The van der Waals surface area contributed by atoms with E-state index in [0.29, 0.717) is 24.4 Å². The first-order valence-corrected chi connectivity index (χ1v) is 6.75. The zero-order valence-corrected chi connectivity index (χ0v) is 12.0. The minimum atomic E-state index is -0.843. The Balaban J connectivity index is 2.24. The number of aliphatic carboxylic acids is 1. The third-order valence-electron chi connectivity index (χ3n) is 3.54. The molecule has 20 heavy (non-hydrogen) atoms. The Kier molecular flexibility index (Phi) is 4.01. The van der Waals surface area contributed by atoms with Crippen molar-refractivity contribution in [2.24, 2.45) is 5.92 Å². The largest absolute Gasteiger partial charge is 0.481 e. The number of amides is 1. The Hall–Kier alpha value is -1.98. The standard InChI is InChI=1S/C14H19N3O3/c1-8(2)12-11(6-15-9(3)16-12)13(18)17-5-4-10(7-17)14(19)20/h6,8,10H,4-5,7H2,1-3H3,(H,19,20)/t10-/m1/s1. The van der Waals surface area contributed by atoms with Gasteiger partial charge in [-0.25, -0.2) is 9.97 Å². The van der Waals surface area contributed by atoms with E-state index in [-0.39, 0.29) is 18.4 Å². The lowest BCUT2D eigenvalue weighted by Gasteiger charge is -2.18. The van der Waals surface area contributed by atoms with E-state index >= 15 is 0 Å². The van der Waals surface area contributed by atoms with Crippen molar-refractivity contribution in [3.8, 4) is 0 Å². The number of carboxylic acid groups (broad SMARTS) is 1. The molecule has 0 aliphatic carbocycles. The van der Waals surface area contributed by atoms with Gasteiger partial charge in [-0.1, -0.05) is 13.8 Å². The van der Waals surface area contributed by atoms with E-state index in [2.05, 4.69) is 9.97 Å². The van der Waals surface area contributed by atoms with Gasteiger partial charge in [0.15, 0.2) is 0 Å². The Labute approximate surface area is 117 Å². The lowest BCUT2D eigenvalue weighted by molar-refractivity contribution is -0.141. The fraction of sp³-hybridized carbons (Fsp3) is 0.571. The van der Waals surface area contributed by atoms with Crippen molar-refractivity contribution in [2.45, 2.75) is 33.1 Å². The fourth-order valence-electron chi connectivity index (χ4n) is 2.41. The van der Waals surface area contributed by atoms with E-state index in [1.165, 1.54) is 0 Å². The van der Waals surface area contributed by atoms with Crippen LogP contribution in [-0.2, 0) is 4.79 Å². The predicted molar refractivity (Wildman–Crippen MR) is 72.5 cm³/mol. The summed E-state index contributed by atoms with van der Waals surface area (Å²) in [5.41, 5.74) is 1.21. The Morgan fingerprint density at radius 3 is 2.70 bits per heavy atom. The van der Waals surface area contributed by atoms with Gasteiger partial charge in [-0.15, -0.1) is 0 Å². The number of carbonyl (C=O) groups is 2. The number of aromatic nitrogens is 2. The van der Waals surface area contributed by atoms with Gasteiger partial charge < -0.3 is 10.0 Å². The smallest absolute Gasteiger partial charge is 0.308 e. The van der Waals surface area contributed by atoms with Gasteiger partial charge in [0.05, 0.1) is 17.2 Å². The third-order valence-corrected chi connectivity index (χ3v) is 3.54. The summed E-state index contributed by atoms with van der Waals surface area (Å²) < 4.78 is 0. The molecule has 0 radical (unpaired) electrons. The van der Waals surface area contributed by atoms with Gasteiger partial charge in [0.25, 0.3) is 5.91 Å². The molecule has 0 aromatic carbocycles. The van der Waals surface area contributed by atoms with Crippen molar-refractivity contribution < 1.29 is 14.7 Å². The lowest BCUT2D eigenvalue weighted by atomic mass is 10.0. The summed E-state index contributed by atoms with van der Waals surface area (Å²) in [6.07, 6.45) is 2.05. The predicted octanol–water partition coefficient (Wildman–Crippen LogP) is 1.46. The van der Waals surface area contributed by atoms with E-state index in [1.807, 2.05) is 13.8 Å². The van der Waals surface area contributed by atoms with Crippen LogP contribution in [0.2, 0.25) is 0 Å². The molecule has 1 amide bonds. The molecular formula is C14H19N3O3. The number of nitrogens with zero attached hydrogens (tertiary/aromatic N) is 3. The number of carbonyl (C=O) groups excluding carboxylic acids is 1. The molecule has 1 aliphatic rings. The normalized spacial score (nSPS) is 18.6. The average molecular weight is 277 g/mol. The molecule has 0 saturated carbocycles. The molecule has 2 rings (SSSR count). The van der Waals surface area contributed by atoms with E-state index in [1.54, 1.807) is 18.0 Å². The number of hydrogen-bond acceptors (Lipinski definition) is 4. The number of likely N-dealkylation sites (tertiary alicyclic amines) is 1. The minimum Gasteiger partial charge on any atom is -0.481 e. The first-order valence-electron chi connectivity index (χ1n) is 6.75. The summed E-state index contributed by atoms with van der Waals surface area (Å²) in [5, 5.41) is 9.00. The molecule has 1 atom stereocenters. The van der Waals surface area contributed by atoms with E-state index in [0.717, 1.165) is 5.69 Å². The molecule has 108 valence electrons. The summed E-state index contributed by atoms with van der Waals surface area (Å²) in [6, 6.07) is 0. The van der Waals surface area contributed by atoms with Gasteiger partial charge in [0.2, 0.25) is 0 Å². The maximum atomic E-state index is 12.5. The second-order valence-electron chi connectivity index (χ2n) is 5.45. The highest BCUT2D eigenvalue weighted by Crippen LogP contribution is 2.22. The second kappa shape index (κ2) is 5.56.